The van der Waals surface area contributed by atoms with Gasteiger partial charge in [-0.3, -0.25) is 0 Å². The molecule has 0 saturated carbocycles. The van der Waals surface area contributed by atoms with E-state index >= 15 is 0 Å². The average Bonchev–Trinajstić information content (AvgIpc) is 2.66. The number of benzene rings is 2. The molecular formula is C24H26FNO2. The van der Waals surface area contributed by atoms with Crippen molar-refractivity contribution in [2.75, 3.05) is 11.9 Å². The highest BCUT2D eigenvalue weighted by Gasteiger charge is 2.11. The number of halogens is 1. The Balaban J connectivity index is 2.11. The molecule has 2 aromatic carbocycles. The quantitative estimate of drug-likeness (QED) is 0.542. The molecular weight excluding hydrogens is 353 g/mol. The van der Waals surface area contributed by atoms with E-state index in [2.05, 4.69) is 43.9 Å². The minimum Gasteiger partial charge on any atom is -0.478 e. The maximum absolute atomic E-state index is 13.3. The summed E-state index contributed by atoms with van der Waals surface area (Å²) in [5.41, 5.74) is 5.64. The van der Waals surface area contributed by atoms with Gasteiger partial charge in [0.1, 0.15) is 5.83 Å². The first-order chi connectivity index (χ1) is 13.4. The number of hydrogen-bond donors (Lipinski definition) is 2. The van der Waals surface area contributed by atoms with Crippen molar-refractivity contribution in [1.82, 2.24) is 0 Å². The number of carboxylic acids is 1. The van der Waals surface area contributed by atoms with Gasteiger partial charge in [0.2, 0.25) is 0 Å². The van der Waals surface area contributed by atoms with E-state index in [1.807, 2.05) is 12.1 Å². The van der Waals surface area contributed by atoms with E-state index in [0.717, 1.165) is 18.4 Å². The summed E-state index contributed by atoms with van der Waals surface area (Å²) in [5.74, 6) is -1.40. The van der Waals surface area contributed by atoms with Gasteiger partial charge in [0.15, 0.2) is 0 Å². The van der Waals surface area contributed by atoms with Crippen molar-refractivity contribution in [3.8, 4) is 0 Å². The lowest BCUT2D eigenvalue weighted by Gasteiger charge is -2.12. The Morgan fingerprint density at radius 2 is 2.00 bits per heavy atom. The van der Waals surface area contributed by atoms with Crippen LogP contribution in [0.2, 0.25) is 0 Å². The third kappa shape index (κ3) is 5.95. The van der Waals surface area contributed by atoms with Crippen molar-refractivity contribution >= 4 is 11.7 Å². The molecule has 2 N–H and O–H groups in total. The monoisotopic (exact) mass is 379 g/mol. The van der Waals surface area contributed by atoms with E-state index < -0.39 is 11.8 Å². The summed E-state index contributed by atoms with van der Waals surface area (Å²) in [4.78, 5) is 11.5. The second kappa shape index (κ2) is 10.3. The third-order valence-corrected chi connectivity index (χ3v) is 4.68. The maximum atomic E-state index is 13.3. The van der Waals surface area contributed by atoms with Crippen molar-refractivity contribution in [3.05, 3.63) is 101 Å². The predicted molar refractivity (Wildman–Crippen MR) is 114 cm³/mol. The highest BCUT2D eigenvalue weighted by atomic mass is 19.1. The van der Waals surface area contributed by atoms with Gasteiger partial charge < -0.3 is 10.4 Å². The number of nitrogens with one attached hydrogen (secondary N) is 1. The van der Waals surface area contributed by atoms with Gasteiger partial charge in [-0.25, -0.2) is 9.18 Å². The van der Waals surface area contributed by atoms with Crippen LogP contribution in [0.5, 0.6) is 0 Å². The van der Waals surface area contributed by atoms with Crippen molar-refractivity contribution in [2.45, 2.75) is 26.7 Å². The minimum atomic E-state index is -0.995. The number of aryl methyl sites for hydroxylation is 3. The third-order valence-electron chi connectivity index (χ3n) is 4.68. The Kier molecular flexibility index (Phi) is 7.76. The summed E-state index contributed by atoms with van der Waals surface area (Å²) in [6.07, 6.45) is 7.24. The van der Waals surface area contributed by atoms with Gasteiger partial charge in [-0.1, -0.05) is 43.0 Å². The molecule has 4 heteroatoms. The maximum Gasteiger partial charge on any atom is 0.337 e. The number of aromatic carboxylic acids is 1. The second-order valence-electron chi connectivity index (χ2n) is 6.61. The van der Waals surface area contributed by atoms with Gasteiger partial charge in [0, 0.05) is 12.2 Å². The van der Waals surface area contributed by atoms with E-state index in [1.54, 1.807) is 12.1 Å². The molecule has 2 aromatic rings. The number of carbonyl (C=O) groups is 1. The number of carboxylic acid groups (broad SMARTS) is 1. The normalized spacial score (nSPS) is 11.6. The van der Waals surface area contributed by atoms with Crippen molar-refractivity contribution in [2.24, 2.45) is 0 Å². The van der Waals surface area contributed by atoms with E-state index in [1.165, 1.54) is 34.9 Å². The van der Waals surface area contributed by atoms with E-state index in [0.29, 0.717) is 12.2 Å². The van der Waals surface area contributed by atoms with Crippen LogP contribution in [-0.2, 0) is 12.8 Å². The summed E-state index contributed by atoms with van der Waals surface area (Å²) < 4.78 is 13.3. The van der Waals surface area contributed by atoms with Gasteiger partial charge in [0.25, 0.3) is 0 Å². The molecule has 0 heterocycles. The van der Waals surface area contributed by atoms with Crippen molar-refractivity contribution in [1.29, 1.82) is 0 Å². The van der Waals surface area contributed by atoms with Crippen LogP contribution in [0.4, 0.5) is 10.1 Å². The summed E-state index contributed by atoms with van der Waals surface area (Å²) in [7, 11) is 0. The molecule has 0 fully saturated rings. The van der Waals surface area contributed by atoms with Crippen molar-refractivity contribution < 1.29 is 14.3 Å². The number of anilines is 1. The number of hydrogen-bond acceptors (Lipinski definition) is 2. The highest BCUT2D eigenvalue weighted by molar-refractivity contribution is 5.94. The van der Waals surface area contributed by atoms with Gasteiger partial charge >= 0.3 is 5.97 Å². The fourth-order valence-corrected chi connectivity index (χ4v) is 2.95. The topological polar surface area (TPSA) is 49.3 Å². The molecule has 0 aliphatic rings. The molecule has 0 aliphatic heterocycles. The Morgan fingerprint density at radius 1 is 1.21 bits per heavy atom. The summed E-state index contributed by atoms with van der Waals surface area (Å²) in [6.45, 7) is 7.98. The lowest BCUT2D eigenvalue weighted by atomic mass is 9.97. The highest BCUT2D eigenvalue weighted by Crippen LogP contribution is 2.21. The standard InChI is InChI=1S/C24H26FNO2/c1-4-7-21(25)10-6-15-26-23-16-19(12-14-22(23)24(27)28)11-13-20-9-5-8-17(2)18(20)3/h4-10,12,14,16,26H,1,11,13,15H2,2-3H3,(H,27,28)/b10-6-,21-7+. The van der Waals surface area contributed by atoms with Gasteiger partial charge in [-0.05, 0) is 73.2 Å². The molecule has 0 saturated heterocycles. The summed E-state index contributed by atoms with van der Waals surface area (Å²) in [6, 6.07) is 11.6. The summed E-state index contributed by atoms with van der Waals surface area (Å²) >= 11 is 0. The minimum absolute atomic E-state index is 0.200. The zero-order valence-electron chi connectivity index (χ0n) is 16.3. The zero-order chi connectivity index (χ0) is 20.5. The molecule has 0 radical (unpaired) electrons. The molecule has 2 rings (SSSR count). The van der Waals surface area contributed by atoms with Crippen LogP contribution < -0.4 is 5.32 Å². The van der Waals surface area contributed by atoms with Crippen LogP contribution in [0, 0.1) is 13.8 Å². The first-order valence-corrected chi connectivity index (χ1v) is 9.22. The number of allylic oxidation sites excluding steroid dienone is 4. The zero-order valence-corrected chi connectivity index (χ0v) is 16.3. The Hall–Kier alpha value is -3.14. The molecule has 0 bridgehead atoms. The molecule has 0 spiro atoms. The van der Waals surface area contributed by atoms with Gasteiger partial charge in [-0.2, -0.15) is 0 Å². The fraction of sp³-hybridized carbons (Fsp3) is 0.208. The van der Waals surface area contributed by atoms with Gasteiger partial charge in [0.05, 0.1) is 5.56 Å². The Morgan fingerprint density at radius 3 is 2.71 bits per heavy atom. The predicted octanol–water partition coefficient (Wildman–Crippen LogP) is 5.79. The van der Waals surface area contributed by atoms with E-state index in [4.69, 9.17) is 0 Å². The van der Waals surface area contributed by atoms with Crippen LogP contribution in [0.15, 0.2) is 73.1 Å². The molecule has 0 amide bonds. The van der Waals surface area contributed by atoms with Crippen LogP contribution in [0.1, 0.15) is 32.6 Å². The van der Waals surface area contributed by atoms with Crippen LogP contribution in [0.25, 0.3) is 0 Å². The number of rotatable bonds is 9. The molecule has 0 atom stereocenters. The van der Waals surface area contributed by atoms with Crippen LogP contribution in [-0.4, -0.2) is 17.6 Å². The molecule has 0 unspecified atom stereocenters. The summed E-state index contributed by atoms with van der Waals surface area (Å²) in [5, 5.41) is 12.5. The molecule has 0 aromatic heterocycles. The van der Waals surface area contributed by atoms with E-state index in [9.17, 15) is 14.3 Å². The molecule has 3 nitrogen and oxygen atoms in total. The van der Waals surface area contributed by atoms with E-state index in [-0.39, 0.29) is 5.56 Å². The second-order valence-corrected chi connectivity index (χ2v) is 6.61. The van der Waals surface area contributed by atoms with Crippen LogP contribution >= 0.6 is 0 Å². The van der Waals surface area contributed by atoms with Gasteiger partial charge in [-0.15, -0.1) is 0 Å². The first-order valence-electron chi connectivity index (χ1n) is 9.22. The molecule has 28 heavy (non-hydrogen) atoms. The largest absolute Gasteiger partial charge is 0.478 e. The Labute approximate surface area is 165 Å². The molecule has 0 aliphatic carbocycles. The lowest BCUT2D eigenvalue weighted by molar-refractivity contribution is 0.0698. The Bertz CT molecular complexity index is 913. The molecule has 146 valence electrons. The SMILES string of the molecule is C=C/C=C(F)\C=C/CNc1cc(CCc2cccc(C)c2C)ccc1C(=O)O. The lowest BCUT2D eigenvalue weighted by Crippen LogP contribution is -2.07. The fourth-order valence-electron chi connectivity index (χ4n) is 2.95. The van der Waals surface area contributed by atoms with Crippen LogP contribution in [0.3, 0.4) is 0 Å². The first kappa shape index (κ1) is 21.2. The van der Waals surface area contributed by atoms with Crippen molar-refractivity contribution in [3.63, 3.8) is 0 Å². The average molecular weight is 379 g/mol. The smallest absolute Gasteiger partial charge is 0.337 e.